The first-order valence-electron chi connectivity index (χ1n) is 9.51. The zero-order valence-corrected chi connectivity index (χ0v) is 17.4. The molecular weight excluding hydrogens is 436 g/mol. The number of hydrogen-bond acceptors (Lipinski definition) is 5. The van der Waals surface area contributed by atoms with Gasteiger partial charge in [0.15, 0.2) is 21.9 Å². The fraction of sp³-hybridized carbons (Fsp3) is 0.0909. The molecule has 1 amide bonds. The first-order valence-corrected chi connectivity index (χ1v) is 10.3. The highest BCUT2D eigenvalue weighted by Gasteiger charge is 2.61. The molecule has 1 spiro atoms. The lowest BCUT2D eigenvalue weighted by molar-refractivity contribution is -0.121. The number of nitrogens with one attached hydrogen (secondary N) is 3. The molecular formula is C22H13ClN4O3S. The van der Waals surface area contributed by atoms with Crippen molar-refractivity contribution in [2.24, 2.45) is 0 Å². The van der Waals surface area contributed by atoms with E-state index in [0.29, 0.717) is 32.3 Å². The number of H-pyrrole nitrogens is 2. The smallest absolute Gasteiger partial charge is 0.259 e. The molecule has 0 bridgehead atoms. The molecule has 0 saturated heterocycles. The number of fused-ring (bicyclic) bond motifs is 4. The maximum Gasteiger partial charge on any atom is 0.259 e. The molecule has 9 heteroatoms. The maximum absolute atomic E-state index is 13.6. The number of aromatic nitrogens is 2. The molecule has 2 aromatic carbocycles. The molecule has 3 N–H and O–H groups in total. The summed E-state index contributed by atoms with van der Waals surface area (Å²) in [5.41, 5.74) is 2.34. The van der Waals surface area contributed by atoms with Crippen LogP contribution >= 0.6 is 23.8 Å². The molecule has 1 aromatic heterocycles. The van der Waals surface area contributed by atoms with Gasteiger partial charge in [-0.2, -0.15) is 0 Å². The molecule has 0 saturated carbocycles. The third-order valence-corrected chi connectivity index (χ3v) is 6.51. The molecule has 3 aromatic rings. The Kier molecular flexibility index (Phi) is 3.56. The number of nitrogens with zero attached hydrogens (tertiary/aromatic N) is 1. The van der Waals surface area contributed by atoms with Crippen LogP contribution in [0.2, 0.25) is 5.02 Å². The van der Waals surface area contributed by atoms with Gasteiger partial charge in [-0.25, -0.2) is 0 Å². The molecule has 3 aliphatic rings. The Balaban J connectivity index is 1.67. The lowest BCUT2D eigenvalue weighted by Gasteiger charge is -2.37. The normalized spacial score (nSPS) is 22.0. The second-order valence-electron chi connectivity index (χ2n) is 7.66. The molecule has 6 rings (SSSR count). The molecule has 1 atom stereocenters. The second kappa shape index (κ2) is 6.03. The minimum Gasteiger partial charge on any atom is -0.345 e. The quantitative estimate of drug-likeness (QED) is 0.390. The predicted molar refractivity (Wildman–Crippen MR) is 119 cm³/mol. The number of aromatic amines is 2. The fourth-order valence-electron chi connectivity index (χ4n) is 4.82. The van der Waals surface area contributed by atoms with Crippen LogP contribution in [-0.4, -0.2) is 34.0 Å². The number of carbonyl (C=O) groups excluding carboxylic acids is 3. The highest BCUT2D eigenvalue weighted by Crippen LogP contribution is 2.53. The monoisotopic (exact) mass is 448 g/mol. The zero-order valence-electron chi connectivity index (χ0n) is 15.8. The summed E-state index contributed by atoms with van der Waals surface area (Å²) in [6, 6.07) is 10.6. The summed E-state index contributed by atoms with van der Waals surface area (Å²) in [7, 11) is 0. The van der Waals surface area contributed by atoms with E-state index in [2.05, 4.69) is 15.3 Å². The Hall–Kier alpha value is -3.49. The molecule has 1 aliphatic carbocycles. The number of amides is 1. The van der Waals surface area contributed by atoms with Crippen molar-refractivity contribution < 1.29 is 14.4 Å². The summed E-state index contributed by atoms with van der Waals surface area (Å²) < 4.78 is 0.478. The van der Waals surface area contributed by atoms with Gasteiger partial charge in [0.1, 0.15) is 0 Å². The molecule has 152 valence electrons. The average Bonchev–Trinajstić information content (AvgIpc) is 3.38. The van der Waals surface area contributed by atoms with E-state index >= 15 is 0 Å². The summed E-state index contributed by atoms with van der Waals surface area (Å²) in [4.78, 5) is 47.3. The van der Waals surface area contributed by atoms with Crippen LogP contribution in [0.25, 0.3) is 11.0 Å². The van der Waals surface area contributed by atoms with Crippen molar-refractivity contribution in [3.8, 4) is 0 Å². The molecule has 2 aliphatic heterocycles. The van der Waals surface area contributed by atoms with Gasteiger partial charge in [-0.3, -0.25) is 14.4 Å². The standard InChI is InChI=1S/C22H13ClN4O3S/c23-10-1-3-14-13(7-10)22(20(30)24-14)19-12(17(28)5-6-18(19)29)9-27(22)11-2-4-15-16(8-11)26-21(31)25-15/h1-8H,9H2,(H,24,30)(H2,25,26,31). The number of rotatable bonds is 1. The first kappa shape index (κ1) is 18.3. The molecule has 0 fully saturated rings. The van der Waals surface area contributed by atoms with Crippen LogP contribution in [0, 0.1) is 4.77 Å². The second-order valence-corrected chi connectivity index (χ2v) is 8.51. The van der Waals surface area contributed by atoms with E-state index in [0.717, 1.165) is 11.0 Å². The van der Waals surface area contributed by atoms with Gasteiger partial charge in [-0.1, -0.05) is 11.6 Å². The first-order chi connectivity index (χ1) is 14.9. The van der Waals surface area contributed by atoms with E-state index < -0.39 is 11.4 Å². The third-order valence-electron chi connectivity index (χ3n) is 6.07. The lowest BCUT2D eigenvalue weighted by Crippen LogP contribution is -2.50. The van der Waals surface area contributed by atoms with E-state index in [1.54, 1.807) is 23.1 Å². The van der Waals surface area contributed by atoms with Crippen LogP contribution in [-0.2, 0) is 19.9 Å². The van der Waals surface area contributed by atoms with E-state index in [-0.39, 0.29) is 23.7 Å². The average molecular weight is 449 g/mol. The Morgan fingerprint density at radius 2 is 1.74 bits per heavy atom. The Bertz CT molecular complexity index is 1500. The van der Waals surface area contributed by atoms with Crippen molar-refractivity contribution in [1.29, 1.82) is 0 Å². The number of anilines is 2. The Morgan fingerprint density at radius 3 is 2.58 bits per heavy atom. The van der Waals surface area contributed by atoms with Crippen LogP contribution in [0.1, 0.15) is 5.56 Å². The SMILES string of the molecule is O=C1C=CC(=O)C2=C1CN(c1ccc3[nH]c(=S)[nH]c3c1)C21C(=O)Nc2ccc(Cl)cc21. The number of ketones is 2. The molecule has 3 heterocycles. The topological polar surface area (TPSA) is 98.1 Å². The number of carbonyl (C=O) groups is 3. The third kappa shape index (κ3) is 2.28. The highest BCUT2D eigenvalue weighted by molar-refractivity contribution is 7.71. The van der Waals surface area contributed by atoms with Gasteiger partial charge in [-0.05, 0) is 60.8 Å². The van der Waals surface area contributed by atoms with Crippen molar-refractivity contribution in [1.82, 2.24) is 9.97 Å². The number of imidazole rings is 1. The predicted octanol–water partition coefficient (Wildman–Crippen LogP) is 3.55. The van der Waals surface area contributed by atoms with Gasteiger partial charge in [0, 0.05) is 39.7 Å². The lowest BCUT2D eigenvalue weighted by atomic mass is 9.78. The number of benzene rings is 2. The minimum absolute atomic E-state index is 0.111. The van der Waals surface area contributed by atoms with Crippen LogP contribution in [0.3, 0.4) is 0 Å². The van der Waals surface area contributed by atoms with E-state index in [1.807, 2.05) is 18.2 Å². The number of allylic oxidation sites excluding steroid dienone is 2. The Morgan fingerprint density at radius 1 is 0.968 bits per heavy atom. The molecule has 0 radical (unpaired) electrons. The van der Waals surface area contributed by atoms with Gasteiger partial charge in [0.25, 0.3) is 5.91 Å². The van der Waals surface area contributed by atoms with Crippen LogP contribution in [0.15, 0.2) is 59.7 Å². The van der Waals surface area contributed by atoms with Crippen molar-refractivity contribution in [3.63, 3.8) is 0 Å². The van der Waals surface area contributed by atoms with Crippen LogP contribution in [0.5, 0.6) is 0 Å². The Labute approximate surface area is 185 Å². The van der Waals surface area contributed by atoms with E-state index in [1.165, 1.54) is 12.2 Å². The molecule has 7 nitrogen and oxygen atoms in total. The number of hydrogen-bond donors (Lipinski definition) is 3. The summed E-state index contributed by atoms with van der Waals surface area (Å²) in [5, 5.41) is 3.30. The number of halogens is 1. The van der Waals surface area contributed by atoms with E-state index in [9.17, 15) is 14.4 Å². The van der Waals surface area contributed by atoms with Crippen molar-refractivity contribution in [2.45, 2.75) is 5.54 Å². The van der Waals surface area contributed by atoms with Crippen LogP contribution in [0.4, 0.5) is 11.4 Å². The summed E-state index contributed by atoms with van der Waals surface area (Å²) in [6.07, 6.45) is 2.49. The summed E-state index contributed by atoms with van der Waals surface area (Å²) in [5.74, 6) is -1.03. The summed E-state index contributed by atoms with van der Waals surface area (Å²) >= 11 is 11.5. The van der Waals surface area contributed by atoms with E-state index in [4.69, 9.17) is 23.8 Å². The van der Waals surface area contributed by atoms with Gasteiger partial charge < -0.3 is 20.2 Å². The van der Waals surface area contributed by atoms with Gasteiger partial charge in [0.2, 0.25) is 0 Å². The van der Waals surface area contributed by atoms with Crippen molar-refractivity contribution >= 4 is 63.7 Å². The highest BCUT2D eigenvalue weighted by atomic mass is 35.5. The van der Waals surface area contributed by atoms with Gasteiger partial charge >= 0.3 is 0 Å². The molecule has 1 unspecified atom stereocenters. The van der Waals surface area contributed by atoms with Crippen molar-refractivity contribution in [3.05, 3.63) is 75.1 Å². The minimum atomic E-state index is -1.49. The summed E-state index contributed by atoms with van der Waals surface area (Å²) in [6.45, 7) is 0.111. The molecule has 31 heavy (non-hydrogen) atoms. The van der Waals surface area contributed by atoms with Gasteiger partial charge in [-0.15, -0.1) is 0 Å². The zero-order chi connectivity index (χ0) is 21.5. The van der Waals surface area contributed by atoms with Crippen molar-refractivity contribution in [2.75, 3.05) is 16.8 Å². The fourth-order valence-corrected chi connectivity index (χ4v) is 5.21. The van der Waals surface area contributed by atoms with Gasteiger partial charge in [0.05, 0.1) is 11.0 Å². The maximum atomic E-state index is 13.6. The van der Waals surface area contributed by atoms with Crippen LogP contribution < -0.4 is 10.2 Å². The largest absolute Gasteiger partial charge is 0.345 e.